The highest BCUT2D eigenvalue weighted by Gasteiger charge is 2.31. The number of nitrogens with two attached hydrogens (primary N) is 1. The minimum Gasteiger partial charge on any atom is -0.359 e. The fourth-order valence-electron chi connectivity index (χ4n) is 2.24. The topological polar surface area (TPSA) is 119 Å². The Balaban J connectivity index is 2.31. The molecule has 1 aliphatic carbocycles. The standard InChI is InChI=1S/C10H16N6O2/c1-10(4-2-3-5-10)14-8-7(16(17)18)6-12-9(13-8)15-11/h6H,2-5,11H2,1H3,(H2,12,13,14,15). The molecule has 1 heterocycles. The second-order valence-corrected chi connectivity index (χ2v) is 4.72. The van der Waals surface area contributed by atoms with Crippen LogP contribution >= 0.6 is 0 Å². The van der Waals surface area contributed by atoms with Gasteiger partial charge in [0.25, 0.3) is 0 Å². The van der Waals surface area contributed by atoms with E-state index in [1.165, 1.54) is 0 Å². The van der Waals surface area contributed by atoms with Crippen molar-refractivity contribution in [3.63, 3.8) is 0 Å². The molecule has 2 rings (SSSR count). The van der Waals surface area contributed by atoms with E-state index in [1.807, 2.05) is 6.92 Å². The summed E-state index contributed by atoms with van der Waals surface area (Å²) in [7, 11) is 0. The maximum Gasteiger partial charge on any atom is 0.329 e. The number of anilines is 2. The summed E-state index contributed by atoms with van der Waals surface area (Å²) in [6, 6.07) is 0. The summed E-state index contributed by atoms with van der Waals surface area (Å²) in [4.78, 5) is 18.2. The molecule has 0 radical (unpaired) electrons. The number of nitrogens with zero attached hydrogens (tertiary/aromatic N) is 3. The van der Waals surface area contributed by atoms with Gasteiger partial charge in [-0.05, 0) is 19.8 Å². The van der Waals surface area contributed by atoms with Crippen molar-refractivity contribution in [2.45, 2.75) is 38.1 Å². The molecule has 8 heteroatoms. The average molecular weight is 252 g/mol. The van der Waals surface area contributed by atoms with Crippen LogP contribution in [0.3, 0.4) is 0 Å². The lowest BCUT2D eigenvalue weighted by Gasteiger charge is -2.25. The van der Waals surface area contributed by atoms with Crippen molar-refractivity contribution in [3.05, 3.63) is 16.3 Å². The van der Waals surface area contributed by atoms with Gasteiger partial charge in [0, 0.05) is 5.54 Å². The second kappa shape index (κ2) is 4.73. The Labute approximate surface area is 104 Å². The Hall–Kier alpha value is -1.96. The summed E-state index contributed by atoms with van der Waals surface area (Å²) in [6.45, 7) is 2.04. The second-order valence-electron chi connectivity index (χ2n) is 4.72. The largest absolute Gasteiger partial charge is 0.359 e. The lowest BCUT2D eigenvalue weighted by Crippen LogP contribution is -2.32. The summed E-state index contributed by atoms with van der Waals surface area (Å²) in [5.74, 6) is 5.59. The van der Waals surface area contributed by atoms with E-state index < -0.39 is 4.92 Å². The third-order valence-corrected chi connectivity index (χ3v) is 3.22. The molecule has 0 bridgehead atoms. The molecule has 4 N–H and O–H groups in total. The molecule has 1 aromatic rings. The Morgan fingerprint density at radius 1 is 1.50 bits per heavy atom. The van der Waals surface area contributed by atoms with E-state index in [4.69, 9.17) is 5.84 Å². The fraction of sp³-hybridized carbons (Fsp3) is 0.600. The van der Waals surface area contributed by atoms with E-state index in [0.717, 1.165) is 31.9 Å². The molecule has 0 spiro atoms. The molecule has 0 saturated heterocycles. The number of aromatic nitrogens is 2. The van der Waals surface area contributed by atoms with Crippen LogP contribution in [0.15, 0.2) is 6.20 Å². The number of hydrogen-bond acceptors (Lipinski definition) is 7. The lowest BCUT2D eigenvalue weighted by molar-refractivity contribution is -0.384. The van der Waals surface area contributed by atoms with Crippen LogP contribution in [0.1, 0.15) is 32.6 Å². The first-order chi connectivity index (χ1) is 8.54. The normalized spacial score (nSPS) is 17.4. The molecule has 8 nitrogen and oxygen atoms in total. The SMILES string of the molecule is CC1(Nc2nc(NN)ncc2[N+](=O)[O-])CCCC1. The Kier molecular flexibility index (Phi) is 3.28. The number of nitrogens with one attached hydrogen (secondary N) is 2. The minimum absolute atomic E-state index is 0.137. The number of rotatable bonds is 4. The van der Waals surface area contributed by atoms with Crippen LogP contribution in [0.5, 0.6) is 0 Å². The molecule has 1 saturated carbocycles. The predicted octanol–water partition coefficient (Wildman–Crippen LogP) is 1.41. The van der Waals surface area contributed by atoms with Gasteiger partial charge in [-0.25, -0.2) is 10.8 Å². The van der Waals surface area contributed by atoms with Crippen LogP contribution in [0.4, 0.5) is 17.5 Å². The molecular formula is C10H16N6O2. The molecular weight excluding hydrogens is 236 g/mol. The average Bonchev–Trinajstić information content (AvgIpc) is 2.75. The summed E-state index contributed by atoms with van der Waals surface area (Å²) in [6.07, 6.45) is 5.33. The first-order valence-electron chi connectivity index (χ1n) is 5.80. The predicted molar refractivity (Wildman–Crippen MR) is 67.0 cm³/mol. The molecule has 0 aliphatic heterocycles. The highest BCUT2D eigenvalue weighted by molar-refractivity contribution is 5.58. The van der Waals surface area contributed by atoms with Gasteiger partial charge in [0.15, 0.2) is 0 Å². The third-order valence-electron chi connectivity index (χ3n) is 3.22. The van der Waals surface area contributed by atoms with Crippen molar-refractivity contribution >= 4 is 17.5 Å². The van der Waals surface area contributed by atoms with Gasteiger partial charge in [0.2, 0.25) is 11.8 Å². The molecule has 1 aromatic heterocycles. The van der Waals surface area contributed by atoms with E-state index in [1.54, 1.807) is 0 Å². The summed E-state index contributed by atoms with van der Waals surface area (Å²) >= 11 is 0. The van der Waals surface area contributed by atoms with E-state index in [2.05, 4.69) is 20.7 Å². The van der Waals surface area contributed by atoms with E-state index in [0.29, 0.717) is 0 Å². The monoisotopic (exact) mass is 252 g/mol. The fourth-order valence-corrected chi connectivity index (χ4v) is 2.24. The smallest absolute Gasteiger partial charge is 0.329 e. The van der Waals surface area contributed by atoms with Crippen LogP contribution in [-0.4, -0.2) is 20.4 Å². The zero-order chi connectivity index (χ0) is 13.2. The maximum atomic E-state index is 10.9. The Bertz CT molecular complexity index is 458. The molecule has 0 unspecified atom stereocenters. The maximum absolute atomic E-state index is 10.9. The Morgan fingerprint density at radius 3 is 2.72 bits per heavy atom. The molecule has 18 heavy (non-hydrogen) atoms. The summed E-state index contributed by atoms with van der Waals surface area (Å²) in [5.41, 5.74) is 2.00. The van der Waals surface area contributed by atoms with E-state index in [9.17, 15) is 10.1 Å². The van der Waals surface area contributed by atoms with E-state index in [-0.39, 0.29) is 23.0 Å². The van der Waals surface area contributed by atoms with Gasteiger partial charge in [-0.2, -0.15) is 4.98 Å². The zero-order valence-electron chi connectivity index (χ0n) is 10.1. The molecule has 1 aliphatic rings. The molecule has 0 atom stereocenters. The quantitative estimate of drug-likeness (QED) is 0.421. The first-order valence-corrected chi connectivity index (χ1v) is 5.80. The van der Waals surface area contributed by atoms with Gasteiger partial charge < -0.3 is 5.32 Å². The number of nitrogen functional groups attached to an aromatic ring is 1. The molecule has 1 fully saturated rings. The van der Waals surface area contributed by atoms with Crippen molar-refractivity contribution in [1.82, 2.24) is 9.97 Å². The van der Waals surface area contributed by atoms with Crippen LogP contribution in [0.25, 0.3) is 0 Å². The van der Waals surface area contributed by atoms with Crippen molar-refractivity contribution < 1.29 is 4.92 Å². The lowest BCUT2D eigenvalue weighted by atomic mass is 10.0. The number of hydrogen-bond donors (Lipinski definition) is 3. The van der Waals surface area contributed by atoms with Crippen LogP contribution in [-0.2, 0) is 0 Å². The van der Waals surface area contributed by atoms with Crippen LogP contribution in [0, 0.1) is 10.1 Å². The number of hydrazine groups is 1. The van der Waals surface area contributed by atoms with Gasteiger partial charge in [0.05, 0.1) is 4.92 Å². The van der Waals surface area contributed by atoms with E-state index >= 15 is 0 Å². The van der Waals surface area contributed by atoms with Gasteiger partial charge in [-0.3, -0.25) is 15.5 Å². The number of nitro groups is 1. The molecule has 98 valence electrons. The Morgan fingerprint density at radius 2 is 2.17 bits per heavy atom. The van der Waals surface area contributed by atoms with Gasteiger partial charge in [-0.1, -0.05) is 12.8 Å². The van der Waals surface area contributed by atoms with Crippen molar-refractivity contribution in [1.29, 1.82) is 0 Å². The zero-order valence-corrected chi connectivity index (χ0v) is 10.1. The minimum atomic E-state index is -0.499. The molecule has 0 amide bonds. The van der Waals surface area contributed by atoms with Crippen molar-refractivity contribution in [2.75, 3.05) is 10.7 Å². The highest BCUT2D eigenvalue weighted by Crippen LogP contribution is 2.34. The third kappa shape index (κ3) is 2.48. The van der Waals surface area contributed by atoms with Crippen molar-refractivity contribution in [3.8, 4) is 0 Å². The summed E-state index contributed by atoms with van der Waals surface area (Å²) in [5, 5.41) is 14.1. The van der Waals surface area contributed by atoms with Crippen LogP contribution in [0.2, 0.25) is 0 Å². The first kappa shape index (κ1) is 12.5. The van der Waals surface area contributed by atoms with Gasteiger partial charge in [0.1, 0.15) is 6.20 Å². The van der Waals surface area contributed by atoms with Gasteiger partial charge in [-0.15, -0.1) is 0 Å². The molecule has 0 aromatic carbocycles. The van der Waals surface area contributed by atoms with Crippen LogP contribution < -0.4 is 16.6 Å². The highest BCUT2D eigenvalue weighted by atomic mass is 16.6. The van der Waals surface area contributed by atoms with Gasteiger partial charge >= 0.3 is 5.69 Å². The summed E-state index contributed by atoms with van der Waals surface area (Å²) < 4.78 is 0. The van der Waals surface area contributed by atoms with Crippen molar-refractivity contribution in [2.24, 2.45) is 5.84 Å².